The quantitative estimate of drug-likeness (QED) is 0.509. The summed E-state index contributed by atoms with van der Waals surface area (Å²) >= 11 is 0. The van der Waals surface area contributed by atoms with Crippen LogP contribution in [0, 0.1) is 20.8 Å². The molecule has 0 unspecified atom stereocenters. The Labute approximate surface area is 83.4 Å². The summed E-state index contributed by atoms with van der Waals surface area (Å²) in [5, 5.41) is 0. The van der Waals surface area contributed by atoms with Crippen molar-refractivity contribution in [2.24, 2.45) is 0 Å². The SMILES string of the molecule is Cc1cnc(C)c(C)n1.[Na]. The molecule has 0 N–H and O–H groups in total. The van der Waals surface area contributed by atoms with Crippen molar-refractivity contribution in [3.8, 4) is 0 Å². The molecule has 0 aromatic carbocycles. The van der Waals surface area contributed by atoms with Crippen LogP contribution in [-0.4, -0.2) is 39.5 Å². The Balaban J connectivity index is 0.000000810. The first-order chi connectivity index (χ1) is 4.20. The first-order valence-electron chi connectivity index (χ1n) is 2.97. The molecule has 1 aromatic heterocycles. The summed E-state index contributed by atoms with van der Waals surface area (Å²) in [6.45, 7) is 5.87. The summed E-state index contributed by atoms with van der Waals surface area (Å²) in [5.74, 6) is 0. The average molecular weight is 145 g/mol. The molecule has 3 heteroatoms. The van der Waals surface area contributed by atoms with Crippen molar-refractivity contribution in [2.75, 3.05) is 0 Å². The van der Waals surface area contributed by atoms with Crippen LogP contribution >= 0.6 is 0 Å². The first kappa shape index (κ1) is 10.1. The molecule has 2 nitrogen and oxygen atoms in total. The third kappa shape index (κ3) is 2.37. The van der Waals surface area contributed by atoms with E-state index in [1.54, 1.807) is 6.20 Å². The maximum absolute atomic E-state index is 4.21. The van der Waals surface area contributed by atoms with Crippen molar-refractivity contribution >= 4 is 29.6 Å². The molecule has 0 saturated heterocycles. The Morgan fingerprint density at radius 1 is 1.10 bits per heavy atom. The van der Waals surface area contributed by atoms with Crippen molar-refractivity contribution in [3.05, 3.63) is 23.3 Å². The van der Waals surface area contributed by atoms with Crippen LogP contribution in [0.4, 0.5) is 0 Å². The molecule has 0 amide bonds. The molecule has 0 atom stereocenters. The van der Waals surface area contributed by atoms with Gasteiger partial charge in [-0.2, -0.15) is 0 Å². The summed E-state index contributed by atoms with van der Waals surface area (Å²) in [6, 6.07) is 0. The molecule has 1 radical (unpaired) electrons. The van der Waals surface area contributed by atoms with Gasteiger partial charge in [0, 0.05) is 35.8 Å². The second-order valence-corrected chi connectivity index (χ2v) is 2.18. The Bertz CT molecular complexity index is 223. The maximum Gasteiger partial charge on any atom is 0.0588 e. The fourth-order valence-electron chi connectivity index (χ4n) is 0.658. The van der Waals surface area contributed by atoms with Gasteiger partial charge in [-0.15, -0.1) is 0 Å². The molecule has 49 valence electrons. The van der Waals surface area contributed by atoms with Crippen LogP contribution in [0.1, 0.15) is 17.1 Å². The number of aryl methyl sites for hydroxylation is 3. The van der Waals surface area contributed by atoms with Gasteiger partial charge in [0.25, 0.3) is 0 Å². The smallest absolute Gasteiger partial charge is 0.0588 e. The normalized spacial score (nSPS) is 8.70. The molecule has 0 fully saturated rings. The van der Waals surface area contributed by atoms with Crippen LogP contribution in [0.3, 0.4) is 0 Å². The Hall–Kier alpha value is 0.0800. The second kappa shape index (κ2) is 4.06. The van der Waals surface area contributed by atoms with Gasteiger partial charge < -0.3 is 0 Å². The van der Waals surface area contributed by atoms with E-state index in [4.69, 9.17) is 0 Å². The van der Waals surface area contributed by atoms with Gasteiger partial charge in [0.15, 0.2) is 0 Å². The maximum atomic E-state index is 4.21. The van der Waals surface area contributed by atoms with Gasteiger partial charge in [0.2, 0.25) is 0 Å². The second-order valence-electron chi connectivity index (χ2n) is 2.18. The minimum absolute atomic E-state index is 0. The van der Waals surface area contributed by atoms with Crippen LogP contribution in [0.5, 0.6) is 0 Å². The molecule has 0 bridgehead atoms. The number of rotatable bonds is 0. The van der Waals surface area contributed by atoms with E-state index < -0.39 is 0 Å². The number of aromatic nitrogens is 2. The zero-order chi connectivity index (χ0) is 6.85. The summed E-state index contributed by atoms with van der Waals surface area (Å²) < 4.78 is 0. The molecule has 0 saturated carbocycles. The molecule has 1 rings (SSSR count). The minimum Gasteiger partial charge on any atom is -0.258 e. The Morgan fingerprint density at radius 3 is 2.10 bits per heavy atom. The summed E-state index contributed by atoms with van der Waals surface area (Å²) in [7, 11) is 0. The molecule has 10 heavy (non-hydrogen) atoms. The standard InChI is InChI=1S/C7H10N2.Na/c1-5-4-8-6(2)7(3)9-5;/h4H,1-3H3;. The molecule has 0 aliphatic rings. The number of hydrogen-bond acceptors (Lipinski definition) is 2. The molecule has 1 heterocycles. The van der Waals surface area contributed by atoms with E-state index in [1.807, 2.05) is 20.8 Å². The summed E-state index contributed by atoms with van der Waals surface area (Å²) in [5.41, 5.74) is 3.02. The fraction of sp³-hybridized carbons (Fsp3) is 0.429. The van der Waals surface area contributed by atoms with E-state index in [0.717, 1.165) is 17.1 Å². The van der Waals surface area contributed by atoms with E-state index in [2.05, 4.69) is 9.97 Å². The van der Waals surface area contributed by atoms with Gasteiger partial charge in [0.1, 0.15) is 0 Å². The minimum atomic E-state index is 0. The van der Waals surface area contributed by atoms with Gasteiger partial charge in [-0.1, -0.05) is 0 Å². The average Bonchev–Trinajstić information content (AvgIpc) is 1.80. The van der Waals surface area contributed by atoms with E-state index in [-0.39, 0.29) is 29.6 Å². The van der Waals surface area contributed by atoms with Crippen molar-refractivity contribution in [3.63, 3.8) is 0 Å². The molecular weight excluding hydrogens is 135 g/mol. The predicted octanol–water partition coefficient (Wildman–Crippen LogP) is 1.02. The first-order valence-corrected chi connectivity index (χ1v) is 2.97. The van der Waals surface area contributed by atoms with Crippen LogP contribution < -0.4 is 0 Å². The molecule has 0 spiro atoms. The van der Waals surface area contributed by atoms with Crippen LogP contribution in [0.15, 0.2) is 6.20 Å². The van der Waals surface area contributed by atoms with Crippen LogP contribution in [-0.2, 0) is 0 Å². The molecular formula is C7H10N2Na. The monoisotopic (exact) mass is 145 g/mol. The molecule has 0 aliphatic heterocycles. The van der Waals surface area contributed by atoms with E-state index in [9.17, 15) is 0 Å². The van der Waals surface area contributed by atoms with Crippen molar-refractivity contribution < 1.29 is 0 Å². The summed E-state index contributed by atoms with van der Waals surface area (Å²) in [6.07, 6.45) is 1.78. The third-order valence-electron chi connectivity index (χ3n) is 1.31. The van der Waals surface area contributed by atoms with E-state index in [0.29, 0.717) is 0 Å². The van der Waals surface area contributed by atoms with Crippen LogP contribution in [0.25, 0.3) is 0 Å². The number of hydrogen-bond donors (Lipinski definition) is 0. The zero-order valence-electron chi connectivity index (χ0n) is 6.97. The Kier molecular flexibility index (Phi) is 4.09. The molecule has 1 aromatic rings. The van der Waals surface area contributed by atoms with Crippen LogP contribution in [0.2, 0.25) is 0 Å². The van der Waals surface area contributed by atoms with E-state index in [1.165, 1.54) is 0 Å². The van der Waals surface area contributed by atoms with Gasteiger partial charge >= 0.3 is 0 Å². The topological polar surface area (TPSA) is 25.8 Å². The van der Waals surface area contributed by atoms with Gasteiger partial charge in [-0.3, -0.25) is 9.97 Å². The zero-order valence-corrected chi connectivity index (χ0v) is 8.97. The summed E-state index contributed by atoms with van der Waals surface area (Å²) in [4.78, 5) is 8.33. The van der Waals surface area contributed by atoms with Gasteiger partial charge in [0.05, 0.1) is 17.1 Å². The predicted molar refractivity (Wildman–Crippen MR) is 42.0 cm³/mol. The molecule has 0 aliphatic carbocycles. The number of nitrogens with zero attached hydrogens (tertiary/aromatic N) is 2. The van der Waals surface area contributed by atoms with Gasteiger partial charge in [-0.25, -0.2) is 0 Å². The fourth-order valence-corrected chi connectivity index (χ4v) is 0.658. The van der Waals surface area contributed by atoms with Crippen molar-refractivity contribution in [1.29, 1.82) is 0 Å². The largest absolute Gasteiger partial charge is 0.258 e. The van der Waals surface area contributed by atoms with E-state index >= 15 is 0 Å². The third-order valence-corrected chi connectivity index (χ3v) is 1.31. The van der Waals surface area contributed by atoms with Crippen molar-refractivity contribution in [2.45, 2.75) is 20.8 Å². The Morgan fingerprint density at radius 2 is 1.70 bits per heavy atom. The van der Waals surface area contributed by atoms with Gasteiger partial charge in [-0.05, 0) is 20.8 Å². The van der Waals surface area contributed by atoms with Crippen molar-refractivity contribution in [1.82, 2.24) is 9.97 Å².